The van der Waals surface area contributed by atoms with Gasteiger partial charge in [-0.25, -0.2) is 4.99 Å². The first-order valence-corrected chi connectivity index (χ1v) is 9.83. The molecular weight excluding hydrogens is 405 g/mol. The third-order valence-corrected chi connectivity index (χ3v) is 4.69. The van der Waals surface area contributed by atoms with Gasteiger partial charge in [-0.1, -0.05) is 48.5 Å². The molecule has 0 saturated heterocycles. The minimum absolute atomic E-state index is 0.0350. The zero-order valence-electron chi connectivity index (χ0n) is 17.0. The Balaban J connectivity index is 1.90. The SMILES string of the molecule is CC(C)Oc1ccc2c(c1)O[C@](c1ccccc1)(C(F)(F)F)N=C2Nc1ccccc1. The van der Waals surface area contributed by atoms with E-state index in [9.17, 15) is 13.2 Å². The van der Waals surface area contributed by atoms with Crippen LogP contribution < -0.4 is 14.8 Å². The third-order valence-electron chi connectivity index (χ3n) is 4.69. The Morgan fingerprint density at radius 3 is 2.19 bits per heavy atom. The van der Waals surface area contributed by atoms with E-state index in [4.69, 9.17) is 9.47 Å². The Bertz CT molecular complexity index is 1080. The number of benzene rings is 3. The van der Waals surface area contributed by atoms with Gasteiger partial charge in [-0.15, -0.1) is 0 Å². The molecule has 31 heavy (non-hydrogen) atoms. The number of nitrogens with zero attached hydrogens (tertiary/aromatic N) is 1. The summed E-state index contributed by atoms with van der Waals surface area (Å²) in [6.07, 6.45) is -4.95. The average molecular weight is 426 g/mol. The van der Waals surface area contributed by atoms with Crippen LogP contribution in [0.2, 0.25) is 0 Å². The Labute approximate surface area is 178 Å². The molecule has 7 heteroatoms. The van der Waals surface area contributed by atoms with Crippen molar-refractivity contribution in [1.29, 1.82) is 0 Å². The first-order valence-electron chi connectivity index (χ1n) is 9.83. The second-order valence-electron chi connectivity index (χ2n) is 7.39. The van der Waals surface area contributed by atoms with Gasteiger partial charge in [0.25, 0.3) is 0 Å². The zero-order chi connectivity index (χ0) is 22.1. The summed E-state index contributed by atoms with van der Waals surface area (Å²) in [4.78, 5) is 4.10. The summed E-state index contributed by atoms with van der Waals surface area (Å²) < 4.78 is 54.8. The van der Waals surface area contributed by atoms with Crippen LogP contribution in [-0.2, 0) is 5.72 Å². The Morgan fingerprint density at radius 1 is 0.935 bits per heavy atom. The van der Waals surface area contributed by atoms with Crippen LogP contribution in [0, 0.1) is 0 Å². The molecule has 4 nitrogen and oxygen atoms in total. The second kappa shape index (κ2) is 7.98. The van der Waals surface area contributed by atoms with Crippen molar-refractivity contribution in [3.8, 4) is 11.5 Å². The fraction of sp³-hybridized carbons (Fsp3) is 0.208. The molecule has 0 radical (unpaired) electrons. The molecule has 0 bridgehead atoms. The summed E-state index contributed by atoms with van der Waals surface area (Å²) in [6, 6.07) is 21.1. The number of hydrogen-bond acceptors (Lipinski definition) is 4. The van der Waals surface area contributed by atoms with Crippen LogP contribution in [0.15, 0.2) is 83.9 Å². The number of amidine groups is 1. The van der Waals surface area contributed by atoms with E-state index in [-0.39, 0.29) is 23.3 Å². The minimum atomic E-state index is -4.81. The molecule has 1 heterocycles. The Morgan fingerprint density at radius 2 is 1.58 bits per heavy atom. The molecule has 0 aromatic heterocycles. The van der Waals surface area contributed by atoms with Crippen molar-refractivity contribution in [2.75, 3.05) is 5.32 Å². The Hall–Kier alpha value is -3.48. The van der Waals surface area contributed by atoms with Crippen LogP contribution in [0.25, 0.3) is 0 Å². The molecule has 1 aliphatic rings. The van der Waals surface area contributed by atoms with Crippen LogP contribution in [-0.4, -0.2) is 18.1 Å². The van der Waals surface area contributed by atoms with E-state index in [1.165, 1.54) is 30.3 Å². The number of fused-ring (bicyclic) bond motifs is 1. The highest BCUT2D eigenvalue weighted by Crippen LogP contribution is 2.48. The van der Waals surface area contributed by atoms with Crippen LogP contribution in [0.5, 0.6) is 11.5 Å². The summed E-state index contributed by atoms with van der Waals surface area (Å²) in [5.41, 5.74) is -1.98. The molecule has 0 saturated carbocycles. The summed E-state index contributed by atoms with van der Waals surface area (Å²) in [6.45, 7) is 3.68. The molecule has 4 rings (SSSR count). The van der Waals surface area contributed by atoms with Gasteiger partial charge in [0, 0.05) is 17.3 Å². The van der Waals surface area contributed by atoms with E-state index in [2.05, 4.69) is 10.3 Å². The molecule has 3 aromatic carbocycles. The van der Waals surface area contributed by atoms with E-state index in [0.29, 0.717) is 17.0 Å². The number of nitrogens with one attached hydrogen (secondary N) is 1. The molecule has 1 aliphatic heterocycles. The number of aliphatic imine (C=N–C) groups is 1. The highest BCUT2D eigenvalue weighted by Gasteiger charge is 2.61. The maximum atomic E-state index is 14.5. The fourth-order valence-electron chi connectivity index (χ4n) is 3.35. The summed E-state index contributed by atoms with van der Waals surface area (Å²) in [5, 5.41) is 3.02. The molecule has 160 valence electrons. The number of hydrogen-bond donors (Lipinski definition) is 1. The van der Waals surface area contributed by atoms with Gasteiger partial charge in [0.15, 0.2) is 0 Å². The lowest BCUT2D eigenvalue weighted by atomic mass is 9.99. The van der Waals surface area contributed by atoms with E-state index < -0.39 is 11.9 Å². The zero-order valence-corrected chi connectivity index (χ0v) is 17.0. The highest BCUT2D eigenvalue weighted by molar-refractivity contribution is 6.11. The maximum absolute atomic E-state index is 14.5. The van der Waals surface area contributed by atoms with Gasteiger partial charge in [-0.3, -0.25) is 0 Å². The molecule has 3 aromatic rings. The lowest BCUT2D eigenvalue weighted by molar-refractivity contribution is -0.252. The number of rotatable bonds is 4. The lowest BCUT2D eigenvalue weighted by Gasteiger charge is -2.37. The third kappa shape index (κ3) is 4.08. The molecule has 0 fully saturated rings. The molecule has 0 aliphatic carbocycles. The second-order valence-corrected chi connectivity index (χ2v) is 7.39. The molecular formula is C24H21F3N2O2. The lowest BCUT2D eigenvalue weighted by Crippen LogP contribution is -2.49. The normalized spacial score (nSPS) is 18.1. The van der Waals surface area contributed by atoms with E-state index in [1.54, 1.807) is 42.5 Å². The van der Waals surface area contributed by atoms with Crippen LogP contribution in [0.3, 0.4) is 0 Å². The standard InChI is InChI=1S/C24H21F3N2O2/c1-16(2)30-19-13-14-20-21(15-19)31-23(24(25,26)27,17-9-5-3-6-10-17)29-22(20)28-18-11-7-4-8-12-18/h3-16H,1-2H3,(H,28,29)/t23-/m1/s1. The summed E-state index contributed by atoms with van der Waals surface area (Å²) in [7, 11) is 0. The molecule has 0 unspecified atom stereocenters. The first kappa shape index (κ1) is 20.8. The number of anilines is 1. The predicted octanol–water partition coefficient (Wildman–Crippen LogP) is 6.14. The first-order chi connectivity index (χ1) is 14.8. The van der Waals surface area contributed by atoms with Crippen molar-refractivity contribution in [3.63, 3.8) is 0 Å². The van der Waals surface area contributed by atoms with Crippen molar-refractivity contribution < 1.29 is 22.6 Å². The van der Waals surface area contributed by atoms with Crippen molar-refractivity contribution in [2.24, 2.45) is 4.99 Å². The van der Waals surface area contributed by atoms with Crippen LogP contribution in [0.4, 0.5) is 18.9 Å². The molecule has 0 spiro atoms. The van der Waals surface area contributed by atoms with E-state index in [0.717, 1.165) is 0 Å². The van der Waals surface area contributed by atoms with Crippen molar-refractivity contribution >= 4 is 11.5 Å². The van der Waals surface area contributed by atoms with Crippen molar-refractivity contribution in [1.82, 2.24) is 0 Å². The van der Waals surface area contributed by atoms with Gasteiger partial charge >= 0.3 is 11.9 Å². The van der Waals surface area contributed by atoms with Crippen molar-refractivity contribution in [2.45, 2.75) is 31.9 Å². The molecule has 1 N–H and O–H groups in total. The number of halogens is 3. The van der Waals surface area contributed by atoms with Gasteiger partial charge < -0.3 is 14.8 Å². The quantitative estimate of drug-likeness (QED) is 0.545. The van der Waals surface area contributed by atoms with Gasteiger partial charge in [0.2, 0.25) is 0 Å². The van der Waals surface area contributed by atoms with Crippen LogP contribution in [0.1, 0.15) is 25.0 Å². The minimum Gasteiger partial charge on any atom is -0.491 e. The summed E-state index contributed by atoms with van der Waals surface area (Å²) in [5.74, 6) is 0.510. The predicted molar refractivity (Wildman–Crippen MR) is 114 cm³/mol. The van der Waals surface area contributed by atoms with Crippen molar-refractivity contribution in [3.05, 3.63) is 90.0 Å². The van der Waals surface area contributed by atoms with Gasteiger partial charge in [-0.2, -0.15) is 13.2 Å². The monoisotopic (exact) mass is 426 g/mol. The Kier molecular flexibility index (Phi) is 5.35. The smallest absolute Gasteiger partial charge is 0.455 e. The molecule has 1 atom stereocenters. The topological polar surface area (TPSA) is 42.9 Å². The average Bonchev–Trinajstić information content (AvgIpc) is 2.73. The van der Waals surface area contributed by atoms with Gasteiger partial charge in [0.1, 0.15) is 17.3 Å². The maximum Gasteiger partial charge on any atom is 0.455 e. The van der Waals surface area contributed by atoms with Crippen LogP contribution >= 0.6 is 0 Å². The highest BCUT2D eigenvalue weighted by atomic mass is 19.4. The summed E-state index contributed by atoms with van der Waals surface area (Å²) >= 11 is 0. The fourth-order valence-corrected chi connectivity index (χ4v) is 3.35. The van der Waals surface area contributed by atoms with E-state index >= 15 is 0 Å². The van der Waals surface area contributed by atoms with Gasteiger partial charge in [0.05, 0.1) is 11.7 Å². The number of ether oxygens (including phenoxy) is 2. The number of para-hydroxylation sites is 1. The van der Waals surface area contributed by atoms with E-state index in [1.807, 2.05) is 19.9 Å². The van der Waals surface area contributed by atoms with Gasteiger partial charge in [-0.05, 0) is 38.1 Å². The number of alkyl halides is 3. The largest absolute Gasteiger partial charge is 0.491 e. The molecule has 0 amide bonds.